The average Bonchev–Trinajstić information content (AvgIpc) is 2.83. The molecular formula is C28H36ClFN2O3Si. The predicted octanol–water partition coefficient (Wildman–Crippen LogP) is 6.41. The summed E-state index contributed by atoms with van der Waals surface area (Å²) in [5, 5.41) is 0.733. The van der Waals surface area contributed by atoms with Crippen molar-refractivity contribution in [2.75, 3.05) is 31.3 Å². The molecule has 2 aromatic rings. The van der Waals surface area contributed by atoms with Gasteiger partial charge in [-0.3, -0.25) is 14.5 Å². The molecule has 2 aromatic carbocycles. The van der Waals surface area contributed by atoms with Crippen LogP contribution in [0.5, 0.6) is 0 Å². The topological polar surface area (TPSA) is 49.9 Å². The van der Waals surface area contributed by atoms with Gasteiger partial charge in [0.2, 0.25) is 11.8 Å². The molecule has 36 heavy (non-hydrogen) atoms. The van der Waals surface area contributed by atoms with Crippen molar-refractivity contribution in [1.29, 1.82) is 0 Å². The van der Waals surface area contributed by atoms with Crippen LogP contribution >= 0.6 is 11.6 Å². The number of imide groups is 1. The molecule has 0 aliphatic carbocycles. The molecule has 0 spiro atoms. The van der Waals surface area contributed by atoms with Crippen molar-refractivity contribution >= 4 is 37.2 Å². The van der Waals surface area contributed by atoms with Crippen LogP contribution in [0, 0.1) is 5.82 Å². The molecule has 194 valence electrons. The van der Waals surface area contributed by atoms with Crippen molar-refractivity contribution in [2.45, 2.75) is 63.2 Å². The van der Waals surface area contributed by atoms with E-state index in [4.69, 9.17) is 16.3 Å². The Morgan fingerprint density at radius 1 is 1.00 bits per heavy atom. The van der Waals surface area contributed by atoms with Crippen molar-refractivity contribution in [3.8, 4) is 0 Å². The third-order valence-corrected chi connectivity index (χ3v) is 9.24. The van der Waals surface area contributed by atoms with Gasteiger partial charge in [0.1, 0.15) is 12.5 Å². The molecule has 2 aliphatic rings. The number of amides is 2. The van der Waals surface area contributed by atoms with Crippen molar-refractivity contribution < 1.29 is 18.7 Å². The lowest BCUT2D eigenvalue weighted by atomic mass is 9.88. The largest absolute Gasteiger partial charge is 0.369 e. The monoisotopic (exact) mass is 530 g/mol. The number of hydrogen-bond donors (Lipinski definition) is 0. The van der Waals surface area contributed by atoms with E-state index in [0.29, 0.717) is 30.2 Å². The molecule has 5 nitrogen and oxygen atoms in total. The molecule has 4 rings (SSSR count). The van der Waals surface area contributed by atoms with Gasteiger partial charge in [0.15, 0.2) is 0 Å². The van der Waals surface area contributed by atoms with Crippen molar-refractivity contribution in [3.63, 3.8) is 0 Å². The molecule has 0 aromatic heterocycles. The normalized spacial score (nSPS) is 19.8. The van der Waals surface area contributed by atoms with Crippen LogP contribution in [-0.4, -0.2) is 51.2 Å². The van der Waals surface area contributed by atoms with Crippen molar-refractivity contribution in [2.24, 2.45) is 0 Å². The van der Waals surface area contributed by atoms with E-state index in [9.17, 15) is 9.59 Å². The van der Waals surface area contributed by atoms with Gasteiger partial charge in [0, 0.05) is 39.2 Å². The first-order valence-electron chi connectivity index (χ1n) is 12.8. The first-order valence-corrected chi connectivity index (χ1v) is 16.9. The highest BCUT2D eigenvalue weighted by atomic mass is 35.5. The summed E-state index contributed by atoms with van der Waals surface area (Å²) in [6.45, 7) is 8.81. The summed E-state index contributed by atoms with van der Waals surface area (Å²) in [6.07, 6.45) is 2.54. The summed E-state index contributed by atoms with van der Waals surface area (Å²) in [7, 11) is -1.26. The fourth-order valence-corrected chi connectivity index (χ4v) is 5.88. The van der Waals surface area contributed by atoms with Crippen LogP contribution in [0.15, 0.2) is 42.5 Å². The molecule has 0 N–H and O–H groups in total. The summed E-state index contributed by atoms with van der Waals surface area (Å²) in [4.78, 5) is 28.8. The molecule has 1 atom stereocenters. The summed E-state index contributed by atoms with van der Waals surface area (Å²) >= 11 is 6.01. The highest BCUT2D eigenvalue weighted by Gasteiger charge is 2.36. The fourth-order valence-electron chi connectivity index (χ4n) is 5.00. The van der Waals surface area contributed by atoms with E-state index >= 15 is 4.39 Å². The van der Waals surface area contributed by atoms with E-state index < -0.39 is 14.0 Å². The van der Waals surface area contributed by atoms with Gasteiger partial charge in [-0.15, -0.1) is 0 Å². The smallest absolute Gasteiger partial charge is 0.238 e. The number of carbonyl (C=O) groups is 2. The Kier molecular flexibility index (Phi) is 8.53. The third-order valence-electron chi connectivity index (χ3n) is 7.28. The lowest BCUT2D eigenvalue weighted by molar-refractivity contribution is -0.155. The molecule has 2 amide bonds. The first-order chi connectivity index (χ1) is 17.1. The zero-order valence-electron chi connectivity index (χ0n) is 21.4. The molecule has 0 radical (unpaired) electrons. The number of hydrogen-bond acceptors (Lipinski definition) is 4. The number of benzene rings is 2. The molecule has 2 fully saturated rings. The second-order valence-electron chi connectivity index (χ2n) is 11.1. The SMILES string of the molecule is C[Si](C)(C)CCOCN1C(=O)CCC(c2ccc(N3CCC(c4ccc(Cl)cc4)CC3)c(F)c2)C1=O. The van der Waals surface area contributed by atoms with Gasteiger partial charge in [-0.25, -0.2) is 4.39 Å². The average molecular weight is 531 g/mol. The number of carbonyl (C=O) groups excluding carboxylic acids is 2. The maximum Gasteiger partial charge on any atom is 0.238 e. The number of halogens is 2. The van der Waals surface area contributed by atoms with Gasteiger partial charge in [-0.2, -0.15) is 0 Å². The van der Waals surface area contributed by atoms with Gasteiger partial charge in [-0.05, 0) is 66.6 Å². The number of rotatable bonds is 8. The number of piperidine rings is 2. The Bertz CT molecular complexity index is 1080. The van der Waals surface area contributed by atoms with Crippen molar-refractivity contribution in [3.05, 3.63) is 64.4 Å². The molecule has 2 heterocycles. The number of ether oxygens (including phenoxy) is 1. The maximum atomic E-state index is 15.2. The molecule has 2 aliphatic heterocycles. The zero-order valence-corrected chi connectivity index (χ0v) is 23.2. The summed E-state index contributed by atoms with van der Waals surface area (Å²) in [5.41, 5.74) is 2.46. The van der Waals surface area contributed by atoms with E-state index in [1.54, 1.807) is 6.07 Å². The second kappa shape index (κ2) is 11.4. The Hall–Kier alpha value is -2.22. The molecule has 0 bridgehead atoms. The Morgan fingerprint density at radius 3 is 2.31 bits per heavy atom. The summed E-state index contributed by atoms with van der Waals surface area (Å²) in [5.74, 6) is -0.917. The van der Waals surface area contributed by atoms with Crippen molar-refractivity contribution in [1.82, 2.24) is 4.90 Å². The van der Waals surface area contributed by atoms with E-state index in [0.717, 1.165) is 37.0 Å². The van der Waals surface area contributed by atoms with E-state index in [2.05, 4.69) is 36.7 Å². The lowest BCUT2D eigenvalue weighted by Gasteiger charge is -2.34. The highest BCUT2D eigenvalue weighted by molar-refractivity contribution is 6.76. The van der Waals surface area contributed by atoms with Gasteiger partial charge in [0.05, 0.1) is 11.6 Å². The lowest BCUT2D eigenvalue weighted by Crippen LogP contribution is -2.45. The van der Waals surface area contributed by atoms with Crippen LogP contribution in [0.2, 0.25) is 30.7 Å². The Morgan fingerprint density at radius 2 is 1.67 bits per heavy atom. The van der Waals surface area contributed by atoms with Crippen LogP contribution in [0.3, 0.4) is 0 Å². The van der Waals surface area contributed by atoms with Gasteiger partial charge in [-0.1, -0.05) is 49.4 Å². The zero-order chi connectivity index (χ0) is 25.9. The summed E-state index contributed by atoms with van der Waals surface area (Å²) in [6, 6.07) is 14.1. The molecule has 0 saturated carbocycles. The predicted molar refractivity (Wildman–Crippen MR) is 145 cm³/mol. The number of nitrogens with zero attached hydrogens (tertiary/aromatic N) is 2. The van der Waals surface area contributed by atoms with Crippen LogP contribution in [0.1, 0.15) is 48.6 Å². The fraction of sp³-hybridized carbons (Fsp3) is 0.500. The molecule has 8 heteroatoms. The highest BCUT2D eigenvalue weighted by Crippen LogP contribution is 2.35. The van der Waals surface area contributed by atoms with E-state index in [1.807, 2.05) is 18.2 Å². The third kappa shape index (κ3) is 6.55. The summed E-state index contributed by atoms with van der Waals surface area (Å²) < 4.78 is 20.9. The van der Waals surface area contributed by atoms with Crippen LogP contribution in [0.4, 0.5) is 10.1 Å². The minimum absolute atomic E-state index is 0.0260. The minimum atomic E-state index is -1.26. The molecular weight excluding hydrogens is 495 g/mol. The number of likely N-dealkylation sites (tertiary alicyclic amines) is 1. The van der Waals surface area contributed by atoms with E-state index in [-0.39, 0.29) is 30.8 Å². The Labute approximate surface area is 219 Å². The van der Waals surface area contributed by atoms with Crippen LogP contribution < -0.4 is 4.90 Å². The first kappa shape index (κ1) is 26.8. The second-order valence-corrected chi connectivity index (χ2v) is 17.2. The van der Waals surface area contributed by atoms with Gasteiger partial charge >= 0.3 is 0 Å². The quantitative estimate of drug-likeness (QED) is 0.225. The molecule has 1 unspecified atom stereocenters. The minimum Gasteiger partial charge on any atom is -0.369 e. The number of anilines is 1. The van der Waals surface area contributed by atoms with Crippen LogP contribution in [-0.2, 0) is 14.3 Å². The molecule has 2 saturated heterocycles. The maximum absolute atomic E-state index is 15.2. The van der Waals surface area contributed by atoms with Gasteiger partial charge in [0.25, 0.3) is 0 Å². The Balaban J connectivity index is 1.37. The van der Waals surface area contributed by atoms with E-state index in [1.165, 1.54) is 16.5 Å². The van der Waals surface area contributed by atoms with Gasteiger partial charge < -0.3 is 9.64 Å². The van der Waals surface area contributed by atoms with Crippen LogP contribution in [0.25, 0.3) is 0 Å². The standard InChI is InChI=1S/C28H36ClFN2O3Si/c1-36(2,3)17-16-35-19-32-27(33)11-9-24(28(32)34)22-6-10-26(25(30)18-22)31-14-12-21(13-15-31)20-4-7-23(29)8-5-20/h4-8,10,18,21,24H,9,11-17,19H2,1-3H3.